The van der Waals surface area contributed by atoms with Crippen molar-refractivity contribution in [2.45, 2.75) is 27.4 Å². The van der Waals surface area contributed by atoms with Crippen molar-refractivity contribution in [2.75, 3.05) is 21.3 Å². The molecule has 0 unspecified atom stereocenters. The van der Waals surface area contributed by atoms with E-state index < -0.39 is 0 Å². The van der Waals surface area contributed by atoms with Gasteiger partial charge in [-0.1, -0.05) is 58.3 Å². The summed E-state index contributed by atoms with van der Waals surface area (Å²) in [6.45, 7) is 6.13. The first-order valence-corrected chi connectivity index (χ1v) is 8.77. The van der Waals surface area contributed by atoms with Gasteiger partial charge in [-0.3, -0.25) is 4.79 Å². The van der Waals surface area contributed by atoms with Crippen LogP contribution in [0.5, 0.6) is 0 Å². The lowest BCUT2D eigenvalue weighted by Crippen LogP contribution is -2.09. The number of aldehydes is 1. The highest BCUT2D eigenvalue weighted by Crippen LogP contribution is 2.17. The molecule has 0 amide bonds. The van der Waals surface area contributed by atoms with Gasteiger partial charge in [0.05, 0.1) is 5.71 Å². The molecule has 150 valence electrons. The second-order valence-electron chi connectivity index (χ2n) is 6.11. The summed E-state index contributed by atoms with van der Waals surface area (Å²) in [6.07, 6.45) is 0.670. The molecule has 0 N–H and O–H groups in total. The summed E-state index contributed by atoms with van der Waals surface area (Å²) in [5.41, 5.74) is 5.72. The third kappa shape index (κ3) is 6.96. The van der Waals surface area contributed by atoms with E-state index in [1.165, 1.54) is 12.7 Å². The molecule has 0 saturated carbocycles. The van der Waals surface area contributed by atoms with Gasteiger partial charge in [-0.05, 0) is 31.9 Å². The molecule has 0 saturated heterocycles. The summed E-state index contributed by atoms with van der Waals surface area (Å²) in [7, 11) is 4.66. The normalized spacial score (nSPS) is 11.4. The predicted octanol–water partition coefficient (Wildman–Crippen LogP) is 4.06. The van der Waals surface area contributed by atoms with Crippen molar-refractivity contribution >= 4 is 17.7 Å². The van der Waals surface area contributed by atoms with Crippen LogP contribution < -0.4 is 0 Å². The van der Waals surface area contributed by atoms with Crippen molar-refractivity contribution in [1.29, 1.82) is 0 Å². The minimum Gasteiger partial charge on any atom is -0.399 e. The summed E-state index contributed by atoms with van der Waals surface area (Å²) < 4.78 is 4.25. The van der Waals surface area contributed by atoms with Crippen molar-refractivity contribution in [3.63, 3.8) is 0 Å². The molecule has 2 aromatic rings. The van der Waals surface area contributed by atoms with Crippen LogP contribution in [-0.2, 0) is 25.8 Å². The molecule has 0 radical (unpaired) electrons. The van der Waals surface area contributed by atoms with Gasteiger partial charge in [0.15, 0.2) is 6.29 Å². The van der Waals surface area contributed by atoms with E-state index >= 15 is 0 Å². The maximum atomic E-state index is 11.3. The van der Waals surface area contributed by atoms with Gasteiger partial charge in [0.2, 0.25) is 0 Å². The predicted molar refractivity (Wildman–Crippen MR) is 112 cm³/mol. The Labute approximate surface area is 166 Å². The second-order valence-corrected chi connectivity index (χ2v) is 6.11. The first-order chi connectivity index (χ1) is 13.5. The SMILES string of the molecule is CO/N=C(/C=O)c1cccc(C)c1CO/N=C(\C)c1cccc(C)c1.COC. The zero-order valence-electron chi connectivity index (χ0n) is 17.4. The number of methoxy groups -OCH3 is 1. The smallest absolute Gasteiger partial charge is 0.172 e. The second kappa shape index (κ2) is 12.4. The van der Waals surface area contributed by atoms with Gasteiger partial charge in [-0.2, -0.15) is 0 Å². The van der Waals surface area contributed by atoms with Crippen LogP contribution in [0.4, 0.5) is 0 Å². The van der Waals surface area contributed by atoms with Crippen LogP contribution in [0.3, 0.4) is 0 Å². The van der Waals surface area contributed by atoms with E-state index in [0.717, 1.165) is 22.4 Å². The maximum Gasteiger partial charge on any atom is 0.172 e. The average Bonchev–Trinajstić information content (AvgIpc) is 2.68. The van der Waals surface area contributed by atoms with Gasteiger partial charge in [0.1, 0.15) is 19.4 Å². The van der Waals surface area contributed by atoms with Crippen molar-refractivity contribution < 1.29 is 19.2 Å². The molecule has 6 nitrogen and oxygen atoms in total. The minimum atomic E-state index is 0.226. The molecule has 0 aromatic heterocycles. The van der Waals surface area contributed by atoms with E-state index in [4.69, 9.17) is 9.68 Å². The number of carbonyl (C=O) groups is 1. The van der Waals surface area contributed by atoms with E-state index in [2.05, 4.69) is 21.1 Å². The summed E-state index contributed by atoms with van der Waals surface area (Å²) >= 11 is 0. The molecule has 2 rings (SSSR count). The van der Waals surface area contributed by atoms with Gasteiger partial charge in [-0.15, -0.1) is 0 Å². The van der Waals surface area contributed by atoms with Crippen LogP contribution in [0.2, 0.25) is 0 Å². The number of ether oxygens (including phenoxy) is 1. The summed E-state index contributed by atoms with van der Waals surface area (Å²) in [4.78, 5) is 21.6. The fourth-order valence-corrected chi connectivity index (χ4v) is 2.48. The maximum absolute atomic E-state index is 11.3. The van der Waals surface area contributed by atoms with Crippen molar-refractivity contribution in [3.05, 3.63) is 70.3 Å². The number of hydrogen-bond acceptors (Lipinski definition) is 6. The quantitative estimate of drug-likeness (QED) is 0.410. The number of aryl methyl sites for hydroxylation is 2. The lowest BCUT2D eigenvalue weighted by Gasteiger charge is -2.11. The van der Waals surface area contributed by atoms with E-state index in [9.17, 15) is 4.79 Å². The Bertz CT molecular complexity index is 829. The third-order valence-corrected chi connectivity index (χ3v) is 3.83. The highest BCUT2D eigenvalue weighted by Gasteiger charge is 2.12. The van der Waals surface area contributed by atoms with Crippen LogP contribution in [0, 0.1) is 13.8 Å². The first-order valence-electron chi connectivity index (χ1n) is 8.77. The zero-order valence-corrected chi connectivity index (χ0v) is 17.4. The van der Waals surface area contributed by atoms with E-state index in [1.54, 1.807) is 14.2 Å². The number of rotatable bonds is 7. The standard InChI is InChI=1S/C20H22N2O3.C2H6O/c1-14-7-5-9-17(11-14)16(3)21-25-13-19-15(2)8-6-10-18(19)20(12-23)22-24-4;1-3-2/h5-12H,13H2,1-4H3;1-2H3/b21-16+,22-20-;. The Kier molecular flexibility index (Phi) is 10.2. The van der Waals surface area contributed by atoms with Crippen LogP contribution in [0.25, 0.3) is 0 Å². The van der Waals surface area contributed by atoms with Gasteiger partial charge in [-0.25, -0.2) is 0 Å². The average molecular weight is 384 g/mol. The lowest BCUT2D eigenvalue weighted by molar-refractivity contribution is -0.102. The molecule has 2 aromatic carbocycles. The molecule has 0 spiro atoms. The van der Waals surface area contributed by atoms with Crippen LogP contribution >= 0.6 is 0 Å². The molecular weight excluding hydrogens is 356 g/mol. The molecule has 0 fully saturated rings. The molecule has 6 heteroatoms. The van der Waals surface area contributed by atoms with Gasteiger partial charge in [0.25, 0.3) is 0 Å². The van der Waals surface area contributed by atoms with Gasteiger partial charge < -0.3 is 14.4 Å². The Balaban J connectivity index is 0.00000122. The molecule has 0 aliphatic heterocycles. The molecule has 28 heavy (non-hydrogen) atoms. The topological polar surface area (TPSA) is 69.5 Å². The molecular formula is C22H28N2O4. The van der Waals surface area contributed by atoms with E-state index in [0.29, 0.717) is 11.8 Å². The van der Waals surface area contributed by atoms with Crippen molar-refractivity contribution in [2.24, 2.45) is 10.3 Å². The lowest BCUT2D eigenvalue weighted by atomic mass is 9.99. The molecule has 0 aliphatic rings. The first kappa shape index (κ1) is 23.0. The molecule has 0 heterocycles. The number of benzene rings is 2. The highest BCUT2D eigenvalue weighted by atomic mass is 16.6. The monoisotopic (exact) mass is 384 g/mol. The fraction of sp³-hybridized carbons (Fsp3) is 0.318. The van der Waals surface area contributed by atoms with Crippen molar-refractivity contribution in [3.8, 4) is 0 Å². The Morgan fingerprint density at radius 1 is 1.04 bits per heavy atom. The van der Waals surface area contributed by atoms with E-state index in [-0.39, 0.29) is 12.3 Å². The van der Waals surface area contributed by atoms with Crippen LogP contribution in [0.1, 0.15) is 34.7 Å². The van der Waals surface area contributed by atoms with Crippen LogP contribution in [-0.4, -0.2) is 39.0 Å². The molecule has 0 bridgehead atoms. The fourth-order valence-electron chi connectivity index (χ4n) is 2.48. The Morgan fingerprint density at radius 3 is 2.32 bits per heavy atom. The zero-order chi connectivity index (χ0) is 20.9. The third-order valence-electron chi connectivity index (χ3n) is 3.83. The van der Waals surface area contributed by atoms with Crippen LogP contribution in [0.15, 0.2) is 52.8 Å². The van der Waals surface area contributed by atoms with Gasteiger partial charge >= 0.3 is 0 Å². The van der Waals surface area contributed by atoms with E-state index in [1.807, 2.05) is 57.2 Å². The Morgan fingerprint density at radius 2 is 1.71 bits per heavy atom. The number of carbonyl (C=O) groups excluding carboxylic acids is 1. The summed E-state index contributed by atoms with van der Waals surface area (Å²) in [6, 6.07) is 13.7. The molecule has 0 atom stereocenters. The molecule has 0 aliphatic carbocycles. The summed E-state index contributed by atoms with van der Waals surface area (Å²) in [5.74, 6) is 0. The number of oxime groups is 2. The largest absolute Gasteiger partial charge is 0.399 e. The highest BCUT2D eigenvalue weighted by molar-refractivity contribution is 6.36. The van der Waals surface area contributed by atoms with Gasteiger partial charge in [0, 0.05) is 25.3 Å². The number of hydrogen-bond donors (Lipinski definition) is 0. The van der Waals surface area contributed by atoms with Crippen molar-refractivity contribution in [1.82, 2.24) is 0 Å². The Hall–Kier alpha value is -2.99. The minimum absolute atomic E-state index is 0.226. The summed E-state index contributed by atoms with van der Waals surface area (Å²) in [5, 5.41) is 7.97. The number of nitrogens with zero attached hydrogens (tertiary/aromatic N) is 2.